The Hall–Kier alpha value is -1.35. The molecular formula is C19H24O3. The van der Waals surface area contributed by atoms with Gasteiger partial charge in [0.2, 0.25) is 0 Å². The first-order valence-corrected chi connectivity index (χ1v) is 8.55. The van der Waals surface area contributed by atoms with E-state index >= 15 is 0 Å². The number of carbonyl (C=O) groups is 1. The lowest BCUT2D eigenvalue weighted by molar-refractivity contribution is -0.156. The maximum atomic E-state index is 12.8. The van der Waals surface area contributed by atoms with E-state index in [1.165, 1.54) is 12.0 Å². The second-order valence-corrected chi connectivity index (χ2v) is 7.28. The van der Waals surface area contributed by atoms with Crippen LogP contribution in [0, 0.1) is 17.8 Å². The molecule has 1 N–H and O–H groups in total. The Balaban J connectivity index is 1.76. The average molecular weight is 300 g/mol. The molecule has 0 saturated heterocycles. The fraction of sp³-hybridized carbons (Fsp3) is 0.632. The molecule has 118 valence electrons. The van der Waals surface area contributed by atoms with Gasteiger partial charge in [-0.1, -0.05) is 25.0 Å². The van der Waals surface area contributed by atoms with Crippen LogP contribution in [0.5, 0.6) is 5.75 Å². The summed E-state index contributed by atoms with van der Waals surface area (Å²) in [6.45, 7) is 0. The fourth-order valence-electron chi connectivity index (χ4n) is 5.44. The third-order valence-electron chi connectivity index (χ3n) is 6.43. The van der Waals surface area contributed by atoms with E-state index in [1.807, 2.05) is 12.1 Å². The van der Waals surface area contributed by atoms with Gasteiger partial charge < -0.3 is 9.84 Å². The van der Waals surface area contributed by atoms with Crippen LogP contribution in [0.2, 0.25) is 0 Å². The Morgan fingerprint density at radius 2 is 1.91 bits per heavy atom. The van der Waals surface area contributed by atoms with E-state index in [9.17, 15) is 9.90 Å². The lowest BCUT2D eigenvalue weighted by atomic mass is 9.56. The standard InChI is InChI=1S/C19H24O3/c1-22-13-7-5-12(6-8-13)17-14-9-10-16(18(14)20)19(21)11-3-2-4-15(17)19/h5-8,14-17,21H,2-4,9-11H2,1H3. The molecule has 3 fully saturated rings. The summed E-state index contributed by atoms with van der Waals surface area (Å²) >= 11 is 0. The zero-order valence-corrected chi connectivity index (χ0v) is 13.1. The number of ether oxygens (including phenoxy) is 1. The Kier molecular flexibility index (Phi) is 3.30. The van der Waals surface area contributed by atoms with Crippen molar-refractivity contribution < 1.29 is 14.6 Å². The molecule has 0 amide bonds. The summed E-state index contributed by atoms with van der Waals surface area (Å²) in [7, 11) is 1.67. The van der Waals surface area contributed by atoms with Crippen LogP contribution in [-0.2, 0) is 4.79 Å². The first-order valence-electron chi connectivity index (χ1n) is 8.55. The van der Waals surface area contributed by atoms with Gasteiger partial charge in [-0.2, -0.15) is 0 Å². The lowest BCUT2D eigenvalue weighted by Gasteiger charge is -2.51. The van der Waals surface area contributed by atoms with E-state index in [2.05, 4.69) is 12.1 Å². The molecule has 0 heterocycles. The van der Waals surface area contributed by atoms with Crippen molar-refractivity contribution in [1.82, 2.24) is 0 Å². The van der Waals surface area contributed by atoms with Gasteiger partial charge in [0.1, 0.15) is 11.5 Å². The van der Waals surface area contributed by atoms with Crippen LogP contribution in [0.4, 0.5) is 0 Å². The molecule has 2 bridgehead atoms. The third kappa shape index (κ3) is 1.88. The summed E-state index contributed by atoms with van der Waals surface area (Å²) in [5.41, 5.74) is 0.442. The van der Waals surface area contributed by atoms with Crippen LogP contribution in [0.3, 0.4) is 0 Å². The number of aliphatic hydroxyl groups is 1. The Morgan fingerprint density at radius 1 is 1.14 bits per heavy atom. The number of carbonyl (C=O) groups excluding carboxylic acids is 1. The van der Waals surface area contributed by atoms with Crippen molar-refractivity contribution in [2.45, 2.75) is 50.0 Å². The van der Waals surface area contributed by atoms with Gasteiger partial charge in [0.15, 0.2) is 0 Å². The van der Waals surface area contributed by atoms with Crippen molar-refractivity contribution in [3.05, 3.63) is 29.8 Å². The number of hydrogen-bond acceptors (Lipinski definition) is 3. The van der Waals surface area contributed by atoms with Gasteiger partial charge in [0.25, 0.3) is 0 Å². The Morgan fingerprint density at radius 3 is 2.64 bits per heavy atom. The van der Waals surface area contributed by atoms with E-state index in [0.717, 1.165) is 37.9 Å². The first-order chi connectivity index (χ1) is 10.6. The SMILES string of the molecule is COc1ccc(C2C3CCC(C3=O)C3(O)CCCCC23)cc1. The molecule has 0 aromatic heterocycles. The molecule has 22 heavy (non-hydrogen) atoms. The van der Waals surface area contributed by atoms with Crippen molar-refractivity contribution in [1.29, 1.82) is 0 Å². The third-order valence-corrected chi connectivity index (χ3v) is 6.43. The molecule has 3 nitrogen and oxygen atoms in total. The summed E-state index contributed by atoms with van der Waals surface area (Å²) in [5.74, 6) is 1.60. The molecule has 3 saturated carbocycles. The number of ketones is 1. The van der Waals surface area contributed by atoms with Crippen molar-refractivity contribution >= 4 is 5.78 Å². The minimum atomic E-state index is -0.757. The van der Waals surface area contributed by atoms with Crippen LogP contribution in [0.1, 0.15) is 50.0 Å². The van der Waals surface area contributed by atoms with E-state index < -0.39 is 5.60 Å². The van der Waals surface area contributed by atoms with Gasteiger partial charge in [0, 0.05) is 11.8 Å². The van der Waals surface area contributed by atoms with E-state index in [1.54, 1.807) is 7.11 Å². The fourth-order valence-corrected chi connectivity index (χ4v) is 5.44. The van der Waals surface area contributed by atoms with Crippen molar-refractivity contribution in [3.63, 3.8) is 0 Å². The summed E-state index contributed by atoms with van der Waals surface area (Å²) in [4.78, 5) is 12.8. The molecule has 1 aromatic rings. The smallest absolute Gasteiger partial charge is 0.142 e. The first kappa shape index (κ1) is 14.3. The van der Waals surface area contributed by atoms with Gasteiger partial charge >= 0.3 is 0 Å². The zero-order chi connectivity index (χ0) is 15.3. The molecule has 5 unspecified atom stereocenters. The maximum absolute atomic E-state index is 12.8. The largest absolute Gasteiger partial charge is 0.497 e. The molecule has 0 radical (unpaired) electrons. The molecule has 4 rings (SSSR count). The summed E-state index contributed by atoms with van der Waals surface area (Å²) in [6.07, 6.45) is 5.90. The zero-order valence-electron chi connectivity index (χ0n) is 13.1. The Bertz CT molecular complexity index is 579. The van der Waals surface area contributed by atoms with Gasteiger partial charge in [-0.25, -0.2) is 0 Å². The normalized spacial score (nSPS) is 40.4. The highest BCUT2D eigenvalue weighted by Crippen LogP contribution is 2.59. The summed E-state index contributed by atoms with van der Waals surface area (Å²) in [5, 5.41) is 11.3. The number of fused-ring (bicyclic) bond motifs is 4. The minimum absolute atomic E-state index is 0.0997. The second-order valence-electron chi connectivity index (χ2n) is 7.28. The monoisotopic (exact) mass is 300 g/mol. The molecule has 3 heteroatoms. The van der Waals surface area contributed by atoms with E-state index in [4.69, 9.17) is 4.74 Å². The number of rotatable bonds is 2. The summed E-state index contributed by atoms with van der Waals surface area (Å²) in [6, 6.07) is 8.13. The van der Waals surface area contributed by atoms with Gasteiger partial charge in [-0.15, -0.1) is 0 Å². The van der Waals surface area contributed by atoms with Gasteiger partial charge in [-0.3, -0.25) is 4.79 Å². The molecule has 5 atom stereocenters. The van der Waals surface area contributed by atoms with Gasteiger partial charge in [0.05, 0.1) is 12.7 Å². The van der Waals surface area contributed by atoms with Crippen LogP contribution >= 0.6 is 0 Å². The second kappa shape index (κ2) is 5.09. The molecule has 3 aliphatic rings. The summed E-state index contributed by atoms with van der Waals surface area (Å²) < 4.78 is 5.25. The van der Waals surface area contributed by atoms with E-state index in [-0.39, 0.29) is 23.7 Å². The van der Waals surface area contributed by atoms with Gasteiger partial charge in [-0.05, 0) is 55.2 Å². The van der Waals surface area contributed by atoms with Crippen molar-refractivity contribution in [2.75, 3.05) is 7.11 Å². The van der Waals surface area contributed by atoms with Crippen molar-refractivity contribution in [2.24, 2.45) is 17.8 Å². The van der Waals surface area contributed by atoms with Crippen LogP contribution in [0.25, 0.3) is 0 Å². The number of methoxy groups -OCH3 is 1. The van der Waals surface area contributed by atoms with Crippen LogP contribution in [-0.4, -0.2) is 23.6 Å². The van der Waals surface area contributed by atoms with Crippen molar-refractivity contribution in [3.8, 4) is 5.75 Å². The van der Waals surface area contributed by atoms with Crippen LogP contribution in [0.15, 0.2) is 24.3 Å². The molecule has 0 aliphatic heterocycles. The van der Waals surface area contributed by atoms with Crippen LogP contribution < -0.4 is 4.74 Å². The molecule has 1 aromatic carbocycles. The molecule has 0 spiro atoms. The molecular weight excluding hydrogens is 276 g/mol. The predicted molar refractivity (Wildman–Crippen MR) is 83.9 cm³/mol. The topological polar surface area (TPSA) is 46.5 Å². The Labute approximate surface area is 131 Å². The highest BCUT2D eigenvalue weighted by atomic mass is 16.5. The lowest BCUT2D eigenvalue weighted by Crippen LogP contribution is -2.56. The van der Waals surface area contributed by atoms with E-state index in [0.29, 0.717) is 5.78 Å². The molecule has 3 aliphatic carbocycles. The quantitative estimate of drug-likeness (QED) is 0.911. The predicted octanol–water partition coefficient (Wildman–Crippen LogP) is 3.31. The highest BCUT2D eigenvalue weighted by Gasteiger charge is 2.61. The highest BCUT2D eigenvalue weighted by molar-refractivity contribution is 5.89. The number of benzene rings is 1. The maximum Gasteiger partial charge on any atom is 0.142 e. The average Bonchev–Trinajstić information content (AvgIpc) is 2.85. The number of hydrogen-bond donors (Lipinski definition) is 1. The minimum Gasteiger partial charge on any atom is -0.497 e. The number of Topliss-reactive ketones (excluding diaryl/α,β-unsaturated/α-hetero) is 1.